The van der Waals surface area contributed by atoms with Gasteiger partial charge in [-0.1, -0.05) is 13.8 Å². The second kappa shape index (κ2) is 7.77. The average Bonchev–Trinajstić information content (AvgIpc) is 2.61. The van der Waals surface area contributed by atoms with Crippen LogP contribution in [0.3, 0.4) is 0 Å². The monoisotopic (exact) mass is 381 g/mol. The van der Waals surface area contributed by atoms with Crippen LogP contribution in [0.2, 0.25) is 0 Å². The molecular formula is C17H23N3O5S. The number of amides is 1. The second-order valence-electron chi connectivity index (χ2n) is 6.12. The third kappa shape index (κ3) is 4.16. The Morgan fingerprint density at radius 1 is 1.27 bits per heavy atom. The molecule has 0 saturated carbocycles. The van der Waals surface area contributed by atoms with E-state index in [1.807, 2.05) is 13.8 Å². The molecule has 0 unspecified atom stereocenters. The van der Waals surface area contributed by atoms with Gasteiger partial charge in [-0.3, -0.25) is 4.79 Å². The van der Waals surface area contributed by atoms with E-state index in [1.54, 1.807) is 18.2 Å². The molecule has 9 heteroatoms. The van der Waals surface area contributed by atoms with E-state index in [4.69, 9.17) is 9.47 Å². The maximum Gasteiger partial charge on any atom is 0.345 e. The summed E-state index contributed by atoms with van der Waals surface area (Å²) in [6.45, 7) is 4.33. The molecule has 1 aliphatic heterocycles. The van der Waals surface area contributed by atoms with Gasteiger partial charge >= 0.3 is 10.2 Å². The van der Waals surface area contributed by atoms with Crippen molar-refractivity contribution in [2.75, 3.05) is 27.8 Å². The summed E-state index contributed by atoms with van der Waals surface area (Å²) >= 11 is 0. The van der Waals surface area contributed by atoms with Crippen LogP contribution in [-0.4, -0.2) is 52.2 Å². The summed E-state index contributed by atoms with van der Waals surface area (Å²) in [5.74, 6) is 0.678. The van der Waals surface area contributed by atoms with Gasteiger partial charge in [-0.2, -0.15) is 8.42 Å². The van der Waals surface area contributed by atoms with E-state index >= 15 is 0 Å². The van der Waals surface area contributed by atoms with Crippen LogP contribution in [0.25, 0.3) is 0 Å². The molecule has 142 valence electrons. The Bertz CT molecular complexity index is 859. The fraction of sp³-hybridized carbons (Fsp3) is 0.412. The van der Waals surface area contributed by atoms with Gasteiger partial charge in [0.25, 0.3) is 5.91 Å². The van der Waals surface area contributed by atoms with Crippen LogP contribution in [-0.2, 0) is 15.0 Å². The number of ether oxygens (including phenoxy) is 2. The lowest BCUT2D eigenvalue weighted by molar-refractivity contribution is -0.118. The summed E-state index contributed by atoms with van der Waals surface area (Å²) in [7, 11) is 0.218. The number of carbonyl (C=O) groups is 1. The number of carbonyl (C=O) groups excluding carboxylic acids is 1. The van der Waals surface area contributed by atoms with Crippen molar-refractivity contribution >= 4 is 21.8 Å². The van der Waals surface area contributed by atoms with Crippen molar-refractivity contribution in [1.29, 1.82) is 0 Å². The Hall–Kier alpha value is -2.55. The van der Waals surface area contributed by atoms with Crippen molar-refractivity contribution < 1.29 is 22.7 Å². The van der Waals surface area contributed by atoms with E-state index in [0.29, 0.717) is 23.6 Å². The molecule has 1 aromatic rings. The van der Waals surface area contributed by atoms with Crippen LogP contribution < -0.4 is 14.8 Å². The Balaban J connectivity index is 2.53. The molecule has 1 amide bonds. The van der Waals surface area contributed by atoms with Crippen molar-refractivity contribution in [2.45, 2.75) is 13.8 Å². The van der Waals surface area contributed by atoms with Crippen LogP contribution in [0.1, 0.15) is 19.4 Å². The third-order valence-electron chi connectivity index (χ3n) is 3.76. The Kier molecular flexibility index (Phi) is 5.91. The maximum absolute atomic E-state index is 12.5. The summed E-state index contributed by atoms with van der Waals surface area (Å²) < 4.78 is 40.0. The molecule has 1 heterocycles. The quantitative estimate of drug-likeness (QED) is 0.802. The zero-order valence-corrected chi connectivity index (χ0v) is 16.3. The van der Waals surface area contributed by atoms with E-state index in [9.17, 15) is 13.2 Å². The predicted molar refractivity (Wildman–Crippen MR) is 98.7 cm³/mol. The fourth-order valence-electron chi connectivity index (χ4n) is 2.29. The minimum atomic E-state index is -4.04. The molecule has 0 atom stereocenters. The first-order valence-corrected chi connectivity index (χ1v) is 9.40. The lowest BCUT2D eigenvalue weighted by Gasteiger charge is -2.24. The van der Waals surface area contributed by atoms with Crippen molar-refractivity contribution in [2.24, 2.45) is 10.3 Å². The highest BCUT2D eigenvalue weighted by Crippen LogP contribution is 2.28. The number of nitrogens with zero attached hydrogens (tertiary/aromatic N) is 2. The molecule has 8 nitrogen and oxygen atoms in total. The van der Waals surface area contributed by atoms with E-state index < -0.39 is 16.1 Å². The number of nitrogens with one attached hydrogen (secondary N) is 1. The highest BCUT2D eigenvalue weighted by atomic mass is 32.2. The minimum absolute atomic E-state index is 0.0134. The molecule has 1 N–H and O–H groups in total. The number of allylic oxidation sites excluding steroid dienone is 1. The van der Waals surface area contributed by atoms with E-state index in [1.165, 1.54) is 27.3 Å². The number of hydrogen-bond acceptors (Lipinski definition) is 5. The maximum atomic E-state index is 12.5. The summed E-state index contributed by atoms with van der Waals surface area (Å²) in [6.07, 6.45) is 1.42. The van der Waals surface area contributed by atoms with Gasteiger partial charge in [0.15, 0.2) is 0 Å². The standard InChI is InChI=1S/C17H23N3O5S/c1-11(2)10-18-17(21)15-9-14(19-26(22,23)20(15)3)13-8-12(24-4)6-7-16(13)25-5/h6-9,11H,10H2,1-5H3,(H,18,21). The molecule has 1 aromatic carbocycles. The first-order chi connectivity index (χ1) is 12.2. The number of hydrogen-bond donors (Lipinski definition) is 1. The predicted octanol–water partition coefficient (Wildman–Crippen LogP) is 1.34. The molecular weight excluding hydrogens is 358 g/mol. The first-order valence-electron chi connectivity index (χ1n) is 8.00. The van der Waals surface area contributed by atoms with Gasteiger partial charge in [0.1, 0.15) is 17.2 Å². The first kappa shape index (κ1) is 19.8. The van der Waals surface area contributed by atoms with Crippen molar-refractivity contribution in [3.8, 4) is 11.5 Å². The SMILES string of the molecule is COc1ccc(OC)c(C2=NS(=O)(=O)N(C)C(C(=O)NCC(C)C)=C2)c1. The molecule has 0 saturated heterocycles. The van der Waals surface area contributed by atoms with Crippen LogP contribution in [0, 0.1) is 5.92 Å². The van der Waals surface area contributed by atoms with Crippen LogP contribution >= 0.6 is 0 Å². The average molecular weight is 381 g/mol. The molecule has 2 rings (SSSR count). The normalized spacial score (nSPS) is 16.0. The zero-order valence-electron chi connectivity index (χ0n) is 15.4. The summed E-state index contributed by atoms with van der Waals surface area (Å²) in [5.41, 5.74) is 0.506. The van der Waals surface area contributed by atoms with Gasteiger partial charge in [0.05, 0.1) is 19.9 Å². The smallest absolute Gasteiger partial charge is 0.345 e. The third-order valence-corrected chi connectivity index (χ3v) is 5.07. The highest BCUT2D eigenvalue weighted by Gasteiger charge is 2.30. The van der Waals surface area contributed by atoms with E-state index in [0.717, 1.165) is 4.31 Å². The van der Waals surface area contributed by atoms with Crippen LogP contribution in [0.15, 0.2) is 34.4 Å². The lowest BCUT2D eigenvalue weighted by Crippen LogP contribution is -2.39. The van der Waals surface area contributed by atoms with Crippen molar-refractivity contribution in [3.05, 3.63) is 35.5 Å². The minimum Gasteiger partial charge on any atom is -0.497 e. The Labute approximate surface area is 153 Å². The van der Waals surface area contributed by atoms with Gasteiger partial charge in [-0.15, -0.1) is 4.40 Å². The molecule has 0 aliphatic carbocycles. The molecule has 1 aliphatic rings. The molecule has 26 heavy (non-hydrogen) atoms. The molecule has 0 radical (unpaired) electrons. The highest BCUT2D eigenvalue weighted by molar-refractivity contribution is 7.88. The van der Waals surface area contributed by atoms with E-state index in [2.05, 4.69) is 9.71 Å². The van der Waals surface area contributed by atoms with Gasteiger partial charge in [0.2, 0.25) is 0 Å². The van der Waals surface area contributed by atoms with Crippen LogP contribution in [0.5, 0.6) is 11.5 Å². The number of methoxy groups -OCH3 is 2. The van der Waals surface area contributed by atoms with Crippen molar-refractivity contribution in [1.82, 2.24) is 9.62 Å². The van der Waals surface area contributed by atoms with Gasteiger partial charge in [-0.25, -0.2) is 4.31 Å². The fourth-order valence-corrected chi connectivity index (χ4v) is 3.20. The molecule has 0 aromatic heterocycles. The number of benzene rings is 1. The topological polar surface area (TPSA) is 97.3 Å². The number of likely N-dealkylation sites (N-methyl/N-ethyl adjacent to an activating group) is 1. The van der Waals surface area contributed by atoms with Gasteiger partial charge < -0.3 is 14.8 Å². The Morgan fingerprint density at radius 2 is 1.96 bits per heavy atom. The molecule has 0 fully saturated rings. The number of rotatable bonds is 6. The largest absolute Gasteiger partial charge is 0.497 e. The summed E-state index contributed by atoms with van der Waals surface area (Å²) in [5, 5.41) is 2.72. The van der Waals surface area contributed by atoms with Crippen molar-refractivity contribution in [3.63, 3.8) is 0 Å². The summed E-state index contributed by atoms with van der Waals surface area (Å²) in [6, 6.07) is 4.94. The van der Waals surface area contributed by atoms with Gasteiger partial charge in [-0.05, 0) is 30.2 Å². The molecule has 0 spiro atoms. The Morgan fingerprint density at radius 3 is 2.54 bits per heavy atom. The second-order valence-corrected chi connectivity index (χ2v) is 7.75. The van der Waals surface area contributed by atoms with E-state index in [-0.39, 0.29) is 17.3 Å². The lowest BCUT2D eigenvalue weighted by atomic mass is 10.1. The van der Waals surface area contributed by atoms with Crippen LogP contribution in [0.4, 0.5) is 0 Å². The zero-order chi connectivity index (χ0) is 19.5. The summed E-state index contributed by atoms with van der Waals surface area (Å²) in [4.78, 5) is 12.5. The molecule has 0 bridgehead atoms. The van der Waals surface area contributed by atoms with Gasteiger partial charge in [0, 0.05) is 19.2 Å².